The van der Waals surface area contributed by atoms with Crippen molar-refractivity contribution in [3.05, 3.63) is 83.1 Å². The normalized spacial score (nSPS) is 11.5. The molecule has 0 saturated carbocycles. The van der Waals surface area contributed by atoms with Gasteiger partial charge in [0.05, 0.1) is 5.69 Å². The summed E-state index contributed by atoms with van der Waals surface area (Å²) in [6.45, 7) is 9.77. The van der Waals surface area contributed by atoms with Crippen molar-refractivity contribution in [2.45, 2.75) is 27.2 Å². The third-order valence-electron chi connectivity index (χ3n) is 4.50. The smallest absolute Gasteiger partial charge is 0.200 e. The molecule has 0 aliphatic carbocycles. The average Bonchev–Trinajstić information content (AvgIpc) is 3.12. The van der Waals surface area contributed by atoms with Crippen LogP contribution in [-0.2, 0) is 0 Å². The zero-order valence-electron chi connectivity index (χ0n) is 18.6. The van der Waals surface area contributed by atoms with Gasteiger partial charge in [0.1, 0.15) is 0 Å². The lowest BCUT2D eigenvalue weighted by molar-refractivity contribution is 1.01. The number of benzene rings is 2. The largest absolute Gasteiger partial charge is 0.399 e. The van der Waals surface area contributed by atoms with E-state index in [1.54, 1.807) is 0 Å². The van der Waals surface area contributed by atoms with Gasteiger partial charge in [-0.15, -0.1) is 5.18 Å². The van der Waals surface area contributed by atoms with Crippen LogP contribution in [0.15, 0.2) is 72.5 Å². The van der Waals surface area contributed by atoms with E-state index in [2.05, 4.69) is 65.1 Å². The van der Waals surface area contributed by atoms with Crippen LogP contribution >= 0.6 is 22.1 Å². The van der Waals surface area contributed by atoms with E-state index in [4.69, 9.17) is 18.0 Å². The van der Waals surface area contributed by atoms with E-state index < -0.39 is 0 Å². The molecule has 0 bridgehead atoms. The van der Waals surface area contributed by atoms with E-state index in [0.717, 1.165) is 39.9 Å². The van der Waals surface area contributed by atoms with Crippen molar-refractivity contribution >= 4 is 44.3 Å². The van der Waals surface area contributed by atoms with Gasteiger partial charge in [0, 0.05) is 16.7 Å². The van der Waals surface area contributed by atoms with Crippen LogP contribution in [0, 0.1) is 9.96 Å². The first-order valence-corrected chi connectivity index (χ1v) is 12.1. The lowest BCUT2D eigenvalue weighted by Crippen LogP contribution is -2.04. The highest BCUT2D eigenvalue weighted by molar-refractivity contribution is 8.03. The number of rotatable bonds is 5. The molecule has 0 radical (unpaired) electrons. The summed E-state index contributed by atoms with van der Waals surface area (Å²) >= 11 is 5.55. The first-order chi connectivity index (χ1) is 14.8. The summed E-state index contributed by atoms with van der Waals surface area (Å²) in [4.78, 5) is 0. The van der Waals surface area contributed by atoms with Gasteiger partial charge in [0.2, 0.25) is 0 Å². The molecule has 31 heavy (non-hydrogen) atoms. The highest BCUT2D eigenvalue weighted by Gasteiger charge is 2.16. The number of fused-ring (bicyclic) bond motifs is 1. The van der Waals surface area contributed by atoms with Crippen LogP contribution in [0.2, 0.25) is 0 Å². The highest BCUT2D eigenvalue weighted by atomic mass is 32.2. The van der Waals surface area contributed by atoms with Gasteiger partial charge in [-0.3, -0.25) is 9.67 Å². The molecular formula is C25H30N4S2. The van der Waals surface area contributed by atoms with Gasteiger partial charge in [-0.1, -0.05) is 61.8 Å². The van der Waals surface area contributed by atoms with Gasteiger partial charge >= 0.3 is 0 Å². The van der Waals surface area contributed by atoms with Crippen LogP contribution in [-0.4, -0.2) is 26.9 Å². The van der Waals surface area contributed by atoms with Crippen molar-refractivity contribution in [3.8, 4) is 10.9 Å². The van der Waals surface area contributed by atoms with Crippen molar-refractivity contribution in [1.29, 1.82) is 0 Å². The summed E-state index contributed by atoms with van der Waals surface area (Å²) in [7, 11) is 0.177. The Morgan fingerprint density at radius 1 is 1.29 bits per heavy atom. The molecule has 1 heterocycles. The molecule has 0 spiro atoms. The van der Waals surface area contributed by atoms with E-state index in [9.17, 15) is 0 Å². The predicted octanol–water partition coefficient (Wildman–Crippen LogP) is 6.59. The number of hydrogen-bond donors (Lipinski definition) is 2. The molecule has 1 aromatic heterocycles. The van der Waals surface area contributed by atoms with E-state index in [1.165, 1.54) is 0 Å². The molecule has 3 aromatic rings. The van der Waals surface area contributed by atoms with Crippen LogP contribution in [0.3, 0.4) is 0 Å². The maximum atomic E-state index is 5.78. The van der Waals surface area contributed by atoms with E-state index in [0.29, 0.717) is 10.5 Å². The van der Waals surface area contributed by atoms with Crippen LogP contribution in [0.4, 0.5) is 0 Å². The number of H-pyrrole nitrogens is 1. The SMILES string of the molecule is C=C(N)/C=C(C)\C(=C/CC)c1n[nH]c(=S)n1-c1cccc2ccccc12.C=S(C)#CC. The summed E-state index contributed by atoms with van der Waals surface area (Å²) in [5.41, 5.74) is 9.27. The van der Waals surface area contributed by atoms with Crippen LogP contribution in [0.5, 0.6) is 0 Å². The molecule has 3 N–H and O–H groups in total. The Morgan fingerprint density at radius 2 is 1.94 bits per heavy atom. The molecule has 0 atom stereocenters. The summed E-state index contributed by atoms with van der Waals surface area (Å²) in [6, 6.07) is 14.4. The second-order valence-corrected chi connectivity index (χ2v) is 9.02. The molecule has 0 saturated heterocycles. The van der Waals surface area contributed by atoms with Crippen LogP contribution in [0.1, 0.15) is 33.0 Å². The molecule has 0 amide bonds. The van der Waals surface area contributed by atoms with E-state index in [-0.39, 0.29) is 9.89 Å². The van der Waals surface area contributed by atoms with Gasteiger partial charge in [-0.25, -0.2) is 0 Å². The first-order valence-electron chi connectivity index (χ1n) is 9.92. The quantitative estimate of drug-likeness (QED) is 0.340. The Bertz CT molecular complexity index is 1340. The Labute approximate surface area is 192 Å². The number of allylic oxidation sites excluding steroid dienone is 4. The van der Waals surface area contributed by atoms with Crippen molar-refractivity contribution in [2.24, 2.45) is 5.73 Å². The van der Waals surface area contributed by atoms with Gasteiger partial charge in [-0.05, 0) is 61.8 Å². The minimum Gasteiger partial charge on any atom is -0.399 e. The second kappa shape index (κ2) is 11.4. The van der Waals surface area contributed by atoms with Crippen molar-refractivity contribution < 1.29 is 0 Å². The number of nitrogens with one attached hydrogen (secondary N) is 1. The van der Waals surface area contributed by atoms with E-state index in [1.807, 2.05) is 48.9 Å². The minimum absolute atomic E-state index is 0.177. The standard InChI is InChI=1S/C21H22N4S.C4H8S/c1-4-8-17(14(2)13-15(3)22)20-23-24-21(26)25(20)19-12-7-10-16-9-5-6-11-18(16)19;1-4-5(2)3/h5-13H,3-4,22H2,1-2H3,(H,24,26);2H2,1,3H3/b14-13-,17-8+;. The van der Waals surface area contributed by atoms with Gasteiger partial charge in [0.25, 0.3) is 0 Å². The Hall–Kier alpha value is -3.05. The van der Waals surface area contributed by atoms with Gasteiger partial charge in [0.15, 0.2) is 10.6 Å². The monoisotopic (exact) mass is 450 g/mol. The third-order valence-corrected chi connectivity index (χ3v) is 5.48. The maximum Gasteiger partial charge on any atom is 0.200 e. The van der Waals surface area contributed by atoms with Gasteiger partial charge < -0.3 is 5.73 Å². The number of aromatic nitrogens is 3. The molecule has 0 aliphatic heterocycles. The topological polar surface area (TPSA) is 59.6 Å². The summed E-state index contributed by atoms with van der Waals surface area (Å²) < 4.78 is 2.54. The Balaban J connectivity index is 0.000000614. The van der Waals surface area contributed by atoms with Crippen molar-refractivity contribution in [3.63, 3.8) is 0 Å². The number of aromatic amines is 1. The molecular weight excluding hydrogens is 420 g/mol. The molecule has 0 unspecified atom stereocenters. The number of nitrogens with two attached hydrogens (primary N) is 1. The Kier molecular flexibility index (Phi) is 8.88. The Morgan fingerprint density at radius 3 is 2.55 bits per heavy atom. The summed E-state index contributed by atoms with van der Waals surface area (Å²) in [5.74, 6) is 4.44. The third kappa shape index (κ3) is 6.22. The second-order valence-electron chi connectivity index (χ2n) is 6.96. The van der Waals surface area contributed by atoms with Crippen LogP contribution < -0.4 is 5.73 Å². The minimum atomic E-state index is 0.177. The molecule has 0 fully saturated rings. The summed E-state index contributed by atoms with van der Waals surface area (Å²) in [5, 5.41) is 12.7. The average molecular weight is 451 g/mol. The molecule has 162 valence electrons. The fraction of sp³-hybridized carbons (Fsp3) is 0.200. The molecule has 3 rings (SSSR count). The molecule has 6 heteroatoms. The first kappa shape index (κ1) is 24.2. The van der Waals surface area contributed by atoms with E-state index >= 15 is 0 Å². The molecule has 4 nitrogen and oxygen atoms in total. The number of nitrogens with zero attached hydrogens (tertiary/aromatic N) is 2. The molecule has 0 aliphatic rings. The highest BCUT2D eigenvalue weighted by Crippen LogP contribution is 2.28. The van der Waals surface area contributed by atoms with Crippen molar-refractivity contribution in [2.75, 3.05) is 6.26 Å². The lowest BCUT2D eigenvalue weighted by Gasteiger charge is -2.13. The fourth-order valence-corrected chi connectivity index (χ4v) is 3.32. The number of hydrogen-bond acceptors (Lipinski definition) is 3. The zero-order chi connectivity index (χ0) is 23.0. The van der Waals surface area contributed by atoms with Crippen LogP contribution in [0.25, 0.3) is 22.0 Å². The van der Waals surface area contributed by atoms with Crippen molar-refractivity contribution in [1.82, 2.24) is 14.8 Å². The van der Waals surface area contributed by atoms with Gasteiger partial charge in [-0.2, -0.15) is 15.0 Å². The fourth-order valence-electron chi connectivity index (χ4n) is 3.09. The predicted molar refractivity (Wildman–Crippen MR) is 142 cm³/mol. The summed E-state index contributed by atoms with van der Waals surface area (Å²) in [6.07, 6.45) is 6.88. The molecule has 2 aromatic carbocycles. The lowest BCUT2D eigenvalue weighted by atomic mass is 10.0. The maximum absolute atomic E-state index is 5.78. The zero-order valence-corrected chi connectivity index (χ0v) is 20.2.